The third-order valence-electron chi connectivity index (χ3n) is 2.44. The second-order valence-corrected chi connectivity index (χ2v) is 3.62. The van der Waals surface area contributed by atoms with Gasteiger partial charge in [-0.2, -0.15) is 4.39 Å². The molecule has 1 atom stereocenters. The molecule has 1 aromatic rings. The van der Waals surface area contributed by atoms with Gasteiger partial charge < -0.3 is 10.4 Å². The van der Waals surface area contributed by atoms with E-state index >= 15 is 0 Å². The van der Waals surface area contributed by atoms with Crippen LogP contribution in [0.3, 0.4) is 0 Å². The lowest BCUT2D eigenvalue weighted by Crippen LogP contribution is -2.33. The van der Waals surface area contributed by atoms with Gasteiger partial charge in [-0.1, -0.05) is 6.92 Å². The Kier molecular flexibility index (Phi) is 4.70. The summed E-state index contributed by atoms with van der Waals surface area (Å²) in [6.07, 6.45) is 1.28. The number of hydrogen-bond donors (Lipinski definition) is 2. The maximum atomic E-state index is 13.2. The van der Waals surface area contributed by atoms with Gasteiger partial charge in [-0.05, 0) is 12.5 Å². The lowest BCUT2D eigenvalue weighted by atomic mass is 10.1. The third kappa shape index (κ3) is 3.22. The smallest absolute Gasteiger partial charge is 0.308 e. The van der Waals surface area contributed by atoms with E-state index in [1.807, 2.05) is 0 Å². The molecule has 98 valence electrons. The van der Waals surface area contributed by atoms with Gasteiger partial charge >= 0.3 is 5.97 Å². The van der Waals surface area contributed by atoms with Gasteiger partial charge in [0.15, 0.2) is 5.82 Å². The van der Waals surface area contributed by atoms with Gasteiger partial charge in [-0.15, -0.1) is 0 Å². The Morgan fingerprint density at radius 1 is 1.50 bits per heavy atom. The summed E-state index contributed by atoms with van der Waals surface area (Å²) in [5.41, 5.74) is -0.497. The summed E-state index contributed by atoms with van der Waals surface area (Å²) in [6, 6.07) is 1.02. The molecule has 1 amide bonds. The molecule has 0 bridgehead atoms. The number of nitrogens with one attached hydrogen (secondary N) is 1. The van der Waals surface area contributed by atoms with Gasteiger partial charge in [0.05, 0.1) is 11.5 Å². The molecule has 0 saturated carbocycles. The molecule has 1 rings (SSSR count). The van der Waals surface area contributed by atoms with E-state index in [0.717, 1.165) is 12.3 Å². The molecule has 1 heterocycles. The number of pyridine rings is 1. The van der Waals surface area contributed by atoms with Gasteiger partial charge in [0.2, 0.25) is 5.95 Å². The van der Waals surface area contributed by atoms with Crippen LogP contribution in [-0.4, -0.2) is 28.5 Å². The zero-order valence-electron chi connectivity index (χ0n) is 9.61. The van der Waals surface area contributed by atoms with Crippen molar-refractivity contribution in [3.8, 4) is 0 Å². The van der Waals surface area contributed by atoms with Crippen LogP contribution >= 0.6 is 0 Å². The second-order valence-electron chi connectivity index (χ2n) is 3.62. The maximum Gasteiger partial charge on any atom is 0.308 e. The molecular formula is C11H12F2N2O3. The van der Waals surface area contributed by atoms with E-state index in [9.17, 15) is 18.4 Å². The number of rotatable bonds is 5. The molecular weight excluding hydrogens is 246 g/mol. The number of carbonyl (C=O) groups excluding carboxylic acids is 1. The van der Waals surface area contributed by atoms with Crippen molar-refractivity contribution >= 4 is 11.9 Å². The summed E-state index contributed by atoms with van der Waals surface area (Å²) in [6.45, 7) is 1.51. The summed E-state index contributed by atoms with van der Waals surface area (Å²) in [4.78, 5) is 25.3. The van der Waals surface area contributed by atoms with E-state index in [0.29, 0.717) is 6.42 Å². The number of aromatic nitrogens is 1. The van der Waals surface area contributed by atoms with Crippen LogP contribution in [0.2, 0.25) is 0 Å². The highest BCUT2D eigenvalue weighted by Crippen LogP contribution is 2.09. The Morgan fingerprint density at radius 2 is 2.17 bits per heavy atom. The molecule has 5 nitrogen and oxygen atoms in total. The molecule has 1 aromatic heterocycles. The Hall–Kier alpha value is -2.05. The molecule has 1 unspecified atom stereocenters. The fourth-order valence-corrected chi connectivity index (χ4v) is 1.31. The Bertz CT molecular complexity index is 466. The summed E-state index contributed by atoms with van der Waals surface area (Å²) in [5, 5.41) is 11.0. The fraction of sp³-hybridized carbons (Fsp3) is 0.364. The first-order valence-electron chi connectivity index (χ1n) is 5.28. The normalized spacial score (nSPS) is 11.9. The Morgan fingerprint density at radius 3 is 2.72 bits per heavy atom. The number of carbonyl (C=O) groups is 2. The molecule has 0 aliphatic rings. The highest BCUT2D eigenvalue weighted by molar-refractivity contribution is 5.94. The van der Waals surface area contributed by atoms with E-state index < -0.39 is 35.1 Å². The van der Waals surface area contributed by atoms with E-state index in [1.54, 1.807) is 6.92 Å². The molecule has 0 aromatic carbocycles. The molecule has 0 saturated heterocycles. The van der Waals surface area contributed by atoms with Gasteiger partial charge in [0, 0.05) is 12.7 Å². The SMILES string of the molecule is CCC(CNC(=O)c1ccnc(F)c1F)C(=O)O. The van der Waals surface area contributed by atoms with Crippen LogP contribution in [0.5, 0.6) is 0 Å². The number of nitrogens with zero attached hydrogens (tertiary/aromatic N) is 1. The summed E-state index contributed by atoms with van der Waals surface area (Å²) >= 11 is 0. The Balaban J connectivity index is 2.71. The highest BCUT2D eigenvalue weighted by atomic mass is 19.2. The number of amides is 1. The van der Waals surface area contributed by atoms with Crippen molar-refractivity contribution in [1.82, 2.24) is 10.3 Å². The zero-order chi connectivity index (χ0) is 13.7. The average molecular weight is 258 g/mol. The standard InChI is InChI=1S/C11H12F2N2O3/c1-2-6(11(17)18)5-15-10(16)7-3-4-14-9(13)8(7)12/h3-4,6H,2,5H2,1H3,(H,15,16)(H,17,18). The third-order valence-corrected chi connectivity index (χ3v) is 2.44. The lowest BCUT2D eigenvalue weighted by Gasteiger charge is -2.11. The molecule has 0 radical (unpaired) electrons. The summed E-state index contributed by atoms with van der Waals surface area (Å²) < 4.78 is 26.0. The lowest BCUT2D eigenvalue weighted by molar-refractivity contribution is -0.141. The fourth-order valence-electron chi connectivity index (χ4n) is 1.31. The topological polar surface area (TPSA) is 79.3 Å². The number of halogens is 2. The van der Waals surface area contributed by atoms with E-state index in [2.05, 4.69) is 10.3 Å². The van der Waals surface area contributed by atoms with Crippen molar-refractivity contribution < 1.29 is 23.5 Å². The number of hydrogen-bond acceptors (Lipinski definition) is 3. The molecule has 0 spiro atoms. The van der Waals surface area contributed by atoms with Crippen molar-refractivity contribution in [2.75, 3.05) is 6.54 Å². The van der Waals surface area contributed by atoms with E-state index in [-0.39, 0.29) is 6.54 Å². The van der Waals surface area contributed by atoms with Gasteiger partial charge in [-0.3, -0.25) is 9.59 Å². The van der Waals surface area contributed by atoms with Crippen molar-refractivity contribution in [2.24, 2.45) is 5.92 Å². The first kappa shape index (κ1) is 14.0. The molecule has 0 aliphatic carbocycles. The van der Waals surface area contributed by atoms with E-state index in [1.165, 1.54) is 0 Å². The molecule has 0 fully saturated rings. The van der Waals surface area contributed by atoms with Crippen LogP contribution < -0.4 is 5.32 Å². The van der Waals surface area contributed by atoms with Crippen LogP contribution in [0.15, 0.2) is 12.3 Å². The number of carboxylic acids is 1. The average Bonchev–Trinajstić information content (AvgIpc) is 2.32. The molecule has 18 heavy (non-hydrogen) atoms. The predicted octanol–water partition coefficient (Wildman–Crippen LogP) is 1.20. The van der Waals surface area contributed by atoms with Gasteiger partial charge in [0.1, 0.15) is 0 Å². The van der Waals surface area contributed by atoms with Crippen LogP contribution in [0.1, 0.15) is 23.7 Å². The molecule has 0 aliphatic heterocycles. The predicted molar refractivity (Wildman–Crippen MR) is 57.9 cm³/mol. The monoisotopic (exact) mass is 258 g/mol. The van der Waals surface area contributed by atoms with Crippen LogP contribution in [0.4, 0.5) is 8.78 Å². The summed E-state index contributed by atoms with van der Waals surface area (Å²) in [7, 11) is 0. The largest absolute Gasteiger partial charge is 0.481 e. The minimum atomic E-state index is -1.37. The quantitative estimate of drug-likeness (QED) is 0.778. The number of aliphatic carboxylic acids is 1. The van der Waals surface area contributed by atoms with Crippen LogP contribution in [0, 0.1) is 17.7 Å². The van der Waals surface area contributed by atoms with Crippen LogP contribution in [-0.2, 0) is 4.79 Å². The molecule has 2 N–H and O–H groups in total. The maximum absolute atomic E-state index is 13.2. The van der Waals surface area contributed by atoms with Crippen molar-refractivity contribution in [3.05, 3.63) is 29.6 Å². The first-order chi connectivity index (χ1) is 8.47. The zero-order valence-corrected chi connectivity index (χ0v) is 9.61. The summed E-state index contributed by atoms with van der Waals surface area (Å²) in [5.74, 6) is -5.40. The van der Waals surface area contributed by atoms with Crippen LogP contribution in [0.25, 0.3) is 0 Å². The van der Waals surface area contributed by atoms with Crippen molar-refractivity contribution in [3.63, 3.8) is 0 Å². The highest BCUT2D eigenvalue weighted by Gasteiger charge is 2.19. The van der Waals surface area contributed by atoms with Crippen molar-refractivity contribution in [1.29, 1.82) is 0 Å². The number of carboxylic acid groups (broad SMARTS) is 1. The van der Waals surface area contributed by atoms with E-state index in [4.69, 9.17) is 5.11 Å². The Labute approximate surface area is 102 Å². The first-order valence-corrected chi connectivity index (χ1v) is 5.28. The minimum Gasteiger partial charge on any atom is -0.481 e. The minimum absolute atomic E-state index is 0.145. The van der Waals surface area contributed by atoms with Crippen molar-refractivity contribution in [2.45, 2.75) is 13.3 Å². The van der Waals surface area contributed by atoms with Gasteiger partial charge in [-0.25, -0.2) is 9.37 Å². The van der Waals surface area contributed by atoms with Gasteiger partial charge in [0.25, 0.3) is 5.91 Å². The molecule has 7 heteroatoms. The second kappa shape index (κ2) is 6.04.